The third kappa shape index (κ3) is 3.25. The van der Waals surface area contributed by atoms with E-state index in [0.29, 0.717) is 0 Å². The maximum atomic E-state index is 5.91. The van der Waals surface area contributed by atoms with Gasteiger partial charge in [0.2, 0.25) is 0 Å². The van der Waals surface area contributed by atoms with Crippen LogP contribution in [0.2, 0.25) is 0 Å². The highest BCUT2D eigenvalue weighted by Crippen LogP contribution is 2.27. The predicted molar refractivity (Wildman–Crippen MR) is 86.0 cm³/mol. The smallest absolute Gasteiger partial charge is 0.134 e. The van der Waals surface area contributed by atoms with Gasteiger partial charge < -0.3 is 14.6 Å². The van der Waals surface area contributed by atoms with Crippen molar-refractivity contribution >= 4 is 26.9 Å². The van der Waals surface area contributed by atoms with Gasteiger partial charge in [-0.3, -0.25) is 0 Å². The van der Waals surface area contributed by atoms with Crippen LogP contribution in [0, 0.1) is 0 Å². The molecule has 1 unspecified atom stereocenters. The van der Waals surface area contributed by atoms with Gasteiger partial charge in [0.25, 0.3) is 0 Å². The molecule has 20 heavy (non-hydrogen) atoms. The van der Waals surface area contributed by atoms with Crippen molar-refractivity contribution in [1.82, 2.24) is 10.2 Å². The number of hydrogen-bond acceptors (Lipinski definition) is 3. The topological polar surface area (TPSA) is 28.4 Å². The van der Waals surface area contributed by atoms with E-state index >= 15 is 0 Å². The molecule has 2 aromatic rings. The number of hydrogen-bond donors (Lipinski definition) is 1. The summed E-state index contributed by atoms with van der Waals surface area (Å²) in [5.41, 5.74) is 0.951. The van der Waals surface area contributed by atoms with E-state index < -0.39 is 0 Å². The first-order valence-corrected chi connectivity index (χ1v) is 8.05. The minimum atomic E-state index is 0.244. The van der Waals surface area contributed by atoms with Gasteiger partial charge in [-0.05, 0) is 51.1 Å². The van der Waals surface area contributed by atoms with E-state index in [4.69, 9.17) is 4.42 Å². The molecule has 1 saturated carbocycles. The van der Waals surface area contributed by atoms with E-state index in [-0.39, 0.29) is 6.04 Å². The van der Waals surface area contributed by atoms with E-state index in [0.717, 1.165) is 40.3 Å². The molecule has 1 aromatic carbocycles. The number of rotatable bonds is 6. The Kier molecular flexibility index (Phi) is 4.15. The Morgan fingerprint density at radius 2 is 2.20 bits per heavy atom. The van der Waals surface area contributed by atoms with Gasteiger partial charge in [-0.2, -0.15) is 0 Å². The molecule has 4 heteroatoms. The second-order valence-corrected chi connectivity index (χ2v) is 6.63. The van der Waals surface area contributed by atoms with Crippen LogP contribution in [0.4, 0.5) is 0 Å². The number of fused-ring (bicyclic) bond motifs is 1. The monoisotopic (exact) mass is 336 g/mol. The van der Waals surface area contributed by atoms with Gasteiger partial charge in [0.1, 0.15) is 11.3 Å². The summed E-state index contributed by atoms with van der Waals surface area (Å²) in [4.78, 5) is 2.44. The highest BCUT2D eigenvalue weighted by Gasteiger charge is 2.25. The molecule has 0 spiro atoms. The van der Waals surface area contributed by atoms with Crippen LogP contribution in [0.1, 0.15) is 31.6 Å². The summed E-state index contributed by atoms with van der Waals surface area (Å²) in [5.74, 6) is 1.01. The second-order valence-electron chi connectivity index (χ2n) is 5.72. The number of furan rings is 1. The van der Waals surface area contributed by atoms with Crippen LogP contribution in [-0.2, 0) is 0 Å². The molecule has 1 fully saturated rings. The Labute approximate surface area is 128 Å². The maximum absolute atomic E-state index is 5.91. The highest BCUT2D eigenvalue weighted by molar-refractivity contribution is 9.10. The minimum Gasteiger partial charge on any atom is -0.459 e. The molecule has 1 N–H and O–H groups in total. The zero-order valence-electron chi connectivity index (χ0n) is 12.0. The van der Waals surface area contributed by atoms with Crippen LogP contribution in [0.15, 0.2) is 33.2 Å². The van der Waals surface area contributed by atoms with Gasteiger partial charge in [-0.25, -0.2) is 0 Å². The molecule has 0 radical (unpaired) electrons. The summed E-state index contributed by atoms with van der Waals surface area (Å²) in [7, 11) is 2.21. The molecule has 1 heterocycles. The van der Waals surface area contributed by atoms with Crippen LogP contribution < -0.4 is 5.32 Å². The van der Waals surface area contributed by atoms with Crippen molar-refractivity contribution in [2.45, 2.75) is 31.8 Å². The Balaban J connectivity index is 1.58. The zero-order chi connectivity index (χ0) is 14.1. The standard InChI is InChI=1S/C16H21BrN2O/c1-11(18-7-8-19(2)14-4-5-14)16-10-12-9-13(17)3-6-15(12)20-16/h3,6,9-11,14,18H,4-5,7-8H2,1-2H3. The second kappa shape index (κ2) is 5.88. The van der Waals surface area contributed by atoms with Gasteiger partial charge in [0.15, 0.2) is 0 Å². The zero-order valence-corrected chi connectivity index (χ0v) is 13.6. The van der Waals surface area contributed by atoms with Crippen molar-refractivity contribution in [3.63, 3.8) is 0 Å². The van der Waals surface area contributed by atoms with Crippen LogP contribution in [0.3, 0.4) is 0 Å². The van der Waals surface area contributed by atoms with Crippen molar-refractivity contribution in [2.24, 2.45) is 0 Å². The largest absolute Gasteiger partial charge is 0.459 e. The molecule has 1 aliphatic carbocycles. The number of nitrogens with one attached hydrogen (secondary N) is 1. The number of nitrogens with zero attached hydrogens (tertiary/aromatic N) is 1. The molecule has 3 rings (SSSR count). The van der Waals surface area contributed by atoms with E-state index in [1.807, 2.05) is 12.1 Å². The summed E-state index contributed by atoms with van der Waals surface area (Å²) in [5, 5.41) is 4.69. The molecule has 0 bridgehead atoms. The van der Waals surface area contributed by atoms with Crippen LogP contribution in [0.5, 0.6) is 0 Å². The first kappa shape index (κ1) is 14.1. The molecule has 0 amide bonds. The maximum Gasteiger partial charge on any atom is 0.134 e. The number of likely N-dealkylation sites (N-methyl/N-ethyl adjacent to an activating group) is 1. The summed E-state index contributed by atoms with van der Waals surface area (Å²) in [6.45, 7) is 4.25. The van der Waals surface area contributed by atoms with Crippen molar-refractivity contribution in [1.29, 1.82) is 0 Å². The number of halogens is 1. The van der Waals surface area contributed by atoms with Gasteiger partial charge in [0.05, 0.1) is 6.04 Å². The van der Waals surface area contributed by atoms with E-state index in [9.17, 15) is 0 Å². The predicted octanol–water partition coefficient (Wildman–Crippen LogP) is 3.94. The van der Waals surface area contributed by atoms with Crippen LogP contribution in [0.25, 0.3) is 11.0 Å². The molecule has 0 saturated heterocycles. The Hall–Kier alpha value is -0.840. The lowest BCUT2D eigenvalue weighted by Gasteiger charge is -2.17. The van der Waals surface area contributed by atoms with Gasteiger partial charge in [0, 0.05) is 29.0 Å². The van der Waals surface area contributed by atoms with Gasteiger partial charge >= 0.3 is 0 Å². The summed E-state index contributed by atoms with van der Waals surface area (Å²) < 4.78 is 6.99. The van der Waals surface area contributed by atoms with E-state index in [1.54, 1.807) is 0 Å². The summed E-state index contributed by atoms with van der Waals surface area (Å²) in [6.07, 6.45) is 2.73. The first-order chi connectivity index (χ1) is 9.63. The summed E-state index contributed by atoms with van der Waals surface area (Å²) in [6, 6.07) is 9.32. The van der Waals surface area contributed by atoms with Crippen molar-refractivity contribution in [3.8, 4) is 0 Å². The van der Waals surface area contributed by atoms with Gasteiger partial charge in [-0.1, -0.05) is 15.9 Å². The molecular formula is C16H21BrN2O. The first-order valence-electron chi connectivity index (χ1n) is 7.26. The number of benzene rings is 1. The lowest BCUT2D eigenvalue weighted by Crippen LogP contribution is -2.31. The Bertz CT molecular complexity index is 591. The summed E-state index contributed by atoms with van der Waals surface area (Å²) >= 11 is 3.49. The fourth-order valence-electron chi connectivity index (χ4n) is 2.50. The Morgan fingerprint density at radius 1 is 1.40 bits per heavy atom. The van der Waals surface area contributed by atoms with Gasteiger partial charge in [-0.15, -0.1) is 0 Å². The van der Waals surface area contributed by atoms with Crippen molar-refractivity contribution in [3.05, 3.63) is 34.5 Å². The third-order valence-corrected chi connectivity index (χ3v) is 4.50. The fourth-order valence-corrected chi connectivity index (χ4v) is 2.88. The SMILES string of the molecule is CC(NCCN(C)C1CC1)c1cc2cc(Br)ccc2o1. The molecule has 3 nitrogen and oxygen atoms in total. The van der Waals surface area contributed by atoms with Crippen molar-refractivity contribution in [2.75, 3.05) is 20.1 Å². The quantitative estimate of drug-likeness (QED) is 0.865. The molecule has 108 valence electrons. The minimum absolute atomic E-state index is 0.244. The molecule has 1 aliphatic rings. The van der Waals surface area contributed by atoms with Crippen molar-refractivity contribution < 1.29 is 4.42 Å². The average molecular weight is 337 g/mol. The van der Waals surface area contributed by atoms with E-state index in [1.165, 1.54) is 12.8 Å². The molecule has 0 aliphatic heterocycles. The lowest BCUT2D eigenvalue weighted by molar-refractivity contribution is 0.312. The van der Waals surface area contributed by atoms with E-state index in [2.05, 4.69) is 52.3 Å². The fraction of sp³-hybridized carbons (Fsp3) is 0.500. The normalized spacial score (nSPS) is 17.0. The van der Waals surface area contributed by atoms with Crippen LogP contribution >= 0.6 is 15.9 Å². The lowest BCUT2D eigenvalue weighted by atomic mass is 10.2. The highest BCUT2D eigenvalue weighted by atomic mass is 79.9. The average Bonchev–Trinajstić information content (AvgIpc) is 3.18. The molecule has 1 aromatic heterocycles. The Morgan fingerprint density at radius 3 is 2.95 bits per heavy atom. The van der Waals surface area contributed by atoms with Crippen LogP contribution in [-0.4, -0.2) is 31.1 Å². The molecular weight excluding hydrogens is 316 g/mol. The molecule has 1 atom stereocenters. The third-order valence-electron chi connectivity index (χ3n) is 4.01.